The van der Waals surface area contributed by atoms with Crippen LogP contribution in [-0.2, 0) is 25.7 Å². The summed E-state index contributed by atoms with van der Waals surface area (Å²) in [5, 5.41) is 2.67. The minimum absolute atomic E-state index is 0.0619. The first-order valence-corrected chi connectivity index (χ1v) is 8.92. The van der Waals surface area contributed by atoms with Gasteiger partial charge < -0.3 is 24.1 Å². The number of furan rings is 1. The maximum Gasteiger partial charge on any atom is 0.312 e. The molecular weight excluding hydrogens is 364 g/mol. The van der Waals surface area contributed by atoms with E-state index in [1.165, 1.54) is 13.2 Å². The van der Waals surface area contributed by atoms with Crippen molar-refractivity contribution < 1.29 is 28.3 Å². The predicted octanol–water partition coefficient (Wildman–Crippen LogP) is 2.21. The Morgan fingerprint density at radius 1 is 1.29 bits per heavy atom. The van der Waals surface area contributed by atoms with Crippen molar-refractivity contribution in [3.63, 3.8) is 0 Å². The Labute approximate surface area is 162 Å². The van der Waals surface area contributed by atoms with Crippen LogP contribution >= 0.6 is 0 Å². The van der Waals surface area contributed by atoms with Gasteiger partial charge in [0, 0.05) is 18.7 Å². The van der Waals surface area contributed by atoms with Crippen molar-refractivity contribution in [1.82, 2.24) is 4.90 Å². The molecule has 1 aromatic heterocycles. The van der Waals surface area contributed by atoms with Gasteiger partial charge in [-0.2, -0.15) is 0 Å². The van der Waals surface area contributed by atoms with Crippen molar-refractivity contribution in [1.29, 1.82) is 0 Å². The summed E-state index contributed by atoms with van der Waals surface area (Å²) in [5.41, 5.74) is 0.564. The molecule has 0 radical (unpaired) electrons. The molecule has 2 heterocycles. The van der Waals surface area contributed by atoms with E-state index < -0.39 is 23.9 Å². The topological polar surface area (TPSA) is 98.1 Å². The maximum absolute atomic E-state index is 12.4. The zero-order valence-corrected chi connectivity index (χ0v) is 15.7. The summed E-state index contributed by atoms with van der Waals surface area (Å²) in [6.45, 7) is 2.04. The quantitative estimate of drug-likeness (QED) is 0.733. The van der Waals surface area contributed by atoms with Gasteiger partial charge in [-0.1, -0.05) is 0 Å². The number of ether oxygens (including phenoxy) is 2. The molecule has 0 saturated carbocycles. The Morgan fingerprint density at radius 3 is 2.68 bits per heavy atom. The highest BCUT2D eigenvalue weighted by atomic mass is 16.5. The fourth-order valence-electron chi connectivity index (χ4n) is 2.92. The van der Waals surface area contributed by atoms with E-state index in [-0.39, 0.29) is 18.9 Å². The Kier molecular flexibility index (Phi) is 5.98. The average Bonchev–Trinajstić information content (AvgIpc) is 3.32. The number of anilines is 1. The van der Waals surface area contributed by atoms with Crippen molar-refractivity contribution in [2.75, 3.05) is 19.0 Å². The van der Waals surface area contributed by atoms with Gasteiger partial charge in [0.15, 0.2) is 6.10 Å². The molecule has 148 valence electrons. The smallest absolute Gasteiger partial charge is 0.312 e. The summed E-state index contributed by atoms with van der Waals surface area (Å²) in [4.78, 5) is 38.3. The summed E-state index contributed by atoms with van der Waals surface area (Å²) in [7, 11) is 1.55. The normalized spacial score (nSPS) is 17.3. The lowest BCUT2D eigenvalue weighted by molar-refractivity contribution is -0.157. The van der Waals surface area contributed by atoms with Crippen molar-refractivity contribution in [3.05, 3.63) is 48.4 Å². The molecule has 1 fully saturated rings. The van der Waals surface area contributed by atoms with Crippen LogP contribution in [0.4, 0.5) is 5.69 Å². The monoisotopic (exact) mass is 386 g/mol. The first kappa shape index (κ1) is 19.5. The Hall–Kier alpha value is -3.29. The Bertz CT molecular complexity index is 831. The van der Waals surface area contributed by atoms with Crippen molar-refractivity contribution in [2.45, 2.75) is 26.0 Å². The van der Waals surface area contributed by atoms with Crippen molar-refractivity contribution >= 4 is 23.5 Å². The second-order valence-electron chi connectivity index (χ2n) is 6.55. The van der Waals surface area contributed by atoms with Gasteiger partial charge in [0.05, 0.1) is 25.8 Å². The number of rotatable bonds is 7. The minimum Gasteiger partial charge on any atom is -0.497 e. The van der Waals surface area contributed by atoms with E-state index in [2.05, 4.69) is 5.32 Å². The van der Waals surface area contributed by atoms with Gasteiger partial charge in [-0.15, -0.1) is 0 Å². The number of benzene rings is 1. The standard InChI is InChI=1S/C20H22N2O6/c1-13(19(24)21-15-5-7-16(26-2)8-6-15)28-20(25)14-10-18(23)22(11-14)12-17-4-3-9-27-17/h3-9,13-14H,10-12H2,1-2H3,(H,21,24)/t13-,14+/m0/s1. The zero-order chi connectivity index (χ0) is 20.1. The SMILES string of the molecule is COc1ccc(NC(=O)[C@H](C)OC(=O)[C@@H]2CC(=O)N(Cc3ccco3)C2)cc1. The number of nitrogens with one attached hydrogen (secondary N) is 1. The molecule has 0 aliphatic carbocycles. The lowest BCUT2D eigenvalue weighted by Gasteiger charge is -2.17. The first-order chi connectivity index (χ1) is 13.5. The number of methoxy groups -OCH3 is 1. The number of hydrogen-bond donors (Lipinski definition) is 1. The summed E-state index contributed by atoms with van der Waals surface area (Å²) in [6.07, 6.45) is 0.612. The summed E-state index contributed by atoms with van der Waals surface area (Å²) in [6, 6.07) is 10.3. The van der Waals surface area contributed by atoms with Gasteiger partial charge in [-0.25, -0.2) is 0 Å². The Balaban J connectivity index is 1.50. The molecule has 2 aromatic rings. The number of carbonyl (C=O) groups is 3. The van der Waals surface area contributed by atoms with E-state index in [1.54, 1.807) is 48.4 Å². The number of likely N-dealkylation sites (tertiary alicyclic amines) is 1. The maximum atomic E-state index is 12.4. The zero-order valence-electron chi connectivity index (χ0n) is 15.7. The lowest BCUT2D eigenvalue weighted by Crippen LogP contribution is -2.33. The van der Waals surface area contributed by atoms with Crippen LogP contribution in [0.1, 0.15) is 19.1 Å². The van der Waals surface area contributed by atoms with Gasteiger partial charge >= 0.3 is 5.97 Å². The molecule has 0 bridgehead atoms. The molecule has 0 unspecified atom stereocenters. The molecule has 2 amide bonds. The van der Waals surface area contributed by atoms with E-state index >= 15 is 0 Å². The molecule has 1 aromatic carbocycles. The van der Waals surface area contributed by atoms with Crippen LogP contribution in [0.3, 0.4) is 0 Å². The highest BCUT2D eigenvalue weighted by molar-refractivity contribution is 5.95. The van der Waals surface area contributed by atoms with Crippen LogP contribution in [0.2, 0.25) is 0 Å². The molecule has 3 rings (SSSR count). The molecule has 2 atom stereocenters. The number of hydrogen-bond acceptors (Lipinski definition) is 6. The van der Waals surface area contributed by atoms with Crippen LogP contribution in [0, 0.1) is 5.92 Å². The molecule has 28 heavy (non-hydrogen) atoms. The molecule has 0 spiro atoms. The second kappa shape index (κ2) is 8.60. The van der Waals surface area contributed by atoms with E-state index in [9.17, 15) is 14.4 Å². The van der Waals surface area contributed by atoms with Crippen LogP contribution < -0.4 is 10.1 Å². The second-order valence-corrected chi connectivity index (χ2v) is 6.55. The molecule has 1 aliphatic rings. The highest BCUT2D eigenvalue weighted by Gasteiger charge is 2.36. The summed E-state index contributed by atoms with van der Waals surface area (Å²) in [5.74, 6) is -0.438. The third-order valence-corrected chi connectivity index (χ3v) is 4.49. The van der Waals surface area contributed by atoms with Gasteiger partial charge in [0.2, 0.25) is 5.91 Å². The molecule has 1 aliphatic heterocycles. The van der Waals surface area contributed by atoms with Crippen LogP contribution in [0.25, 0.3) is 0 Å². The first-order valence-electron chi connectivity index (χ1n) is 8.92. The largest absolute Gasteiger partial charge is 0.497 e. The summed E-state index contributed by atoms with van der Waals surface area (Å²) < 4.78 is 15.6. The van der Waals surface area contributed by atoms with Gasteiger partial charge in [0.1, 0.15) is 11.5 Å². The predicted molar refractivity (Wildman–Crippen MR) is 99.4 cm³/mol. The summed E-state index contributed by atoms with van der Waals surface area (Å²) >= 11 is 0. The third kappa shape index (κ3) is 4.70. The van der Waals surface area contributed by atoms with Crippen LogP contribution in [0.5, 0.6) is 5.75 Å². The fraction of sp³-hybridized carbons (Fsp3) is 0.350. The minimum atomic E-state index is -0.983. The fourth-order valence-corrected chi connectivity index (χ4v) is 2.92. The Morgan fingerprint density at radius 2 is 2.04 bits per heavy atom. The number of amides is 2. The number of nitrogens with zero attached hydrogens (tertiary/aromatic N) is 1. The third-order valence-electron chi connectivity index (χ3n) is 4.49. The molecule has 8 nitrogen and oxygen atoms in total. The molecular formula is C20H22N2O6. The molecule has 1 saturated heterocycles. The number of esters is 1. The van der Waals surface area contributed by atoms with E-state index in [0.717, 1.165) is 0 Å². The van der Waals surface area contributed by atoms with Crippen molar-refractivity contribution in [3.8, 4) is 5.75 Å². The van der Waals surface area contributed by atoms with E-state index in [1.807, 2.05) is 0 Å². The lowest BCUT2D eigenvalue weighted by atomic mass is 10.1. The average molecular weight is 386 g/mol. The highest BCUT2D eigenvalue weighted by Crippen LogP contribution is 2.22. The van der Waals surface area contributed by atoms with Crippen molar-refractivity contribution in [2.24, 2.45) is 5.92 Å². The number of carbonyl (C=O) groups excluding carboxylic acids is 3. The van der Waals surface area contributed by atoms with Gasteiger partial charge in [-0.3, -0.25) is 14.4 Å². The van der Waals surface area contributed by atoms with Gasteiger partial charge in [-0.05, 0) is 43.3 Å². The van der Waals surface area contributed by atoms with Crippen LogP contribution in [0.15, 0.2) is 47.1 Å². The van der Waals surface area contributed by atoms with E-state index in [0.29, 0.717) is 23.7 Å². The van der Waals surface area contributed by atoms with Crippen LogP contribution in [-0.4, -0.2) is 42.4 Å². The molecule has 1 N–H and O–H groups in total. The van der Waals surface area contributed by atoms with Gasteiger partial charge in [0.25, 0.3) is 5.91 Å². The van der Waals surface area contributed by atoms with E-state index in [4.69, 9.17) is 13.9 Å². The molecule has 8 heteroatoms.